The van der Waals surface area contributed by atoms with Crippen molar-refractivity contribution in [2.75, 3.05) is 14.2 Å². The van der Waals surface area contributed by atoms with Gasteiger partial charge >= 0.3 is 11.9 Å². The summed E-state index contributed by atoms with van der Waals surface area (Å²) in [7, 11) is 2.78. The third-order valence-corrected chi connectivity index (χ3v) is 12.6. The Balaban J connectivity index is 1.42. The molecule has 10 atom stereocenters. The quantitative estimate of drug-likeness (QED) is 0.170. The molecule has 0 N–H and O–H groups in total. The molecule has 0 aliphatic heterocycles. The maximum atomic E-state index is 16.3. The molecular formula is C43H36O5. The van der Waals surface area contributed by atoms with E-state index in [-0.39, 0.29) is 41.3 Å². The Hall–Kier alpha value is -5.03. The Morgan fingerprint density at radius 3 is 1.19 bits per heavy atom. The number of ketones is 1. The smallest absolute Gasteiger partial charge is 0.310 e. The Morgan fingerprint density at radius 1 is 0.521 bits per heavy atom. The van der Waals surface area contributed by atoms with Crippen LogP contribution in [0.1, 0.15) is 22.3 Å². The van der Waals surface area contributed by atoms with Gasteiger partial charge in [0.05, 0.1) is 36.9 Å². The SMILES string of the molecule is COC(=O)C1C2C=CC(C1C(=O)OC)C1C2C2C1C1(c3ccccc3)C(=O)C2(c2ccccc2)C(c2ccccc2)=C1c1ccccc1. The van der Waals surface area contributed by atoms with Gasteiger partial charge in [-0.3, -0.25) is 14.4 Å². The minimum absolute atomic E-state index is 0.0132. The molecule has 0 spiro atoms. The molecule has 4 aromatic rings. The van der Waals surface area contributed by atoms with E-state index in [1.807, 2.05) is 48.5 Å². The van der Waals surface area contributed by atoms with Crippen molar-refractivity contribution in [1.29, 1.82) is 0 Å². The summed E-state index contributed by atoms with van der Waals surface area (Å²) >= 11 is 0. The first-order valence-corrected chi connectivity index (χ1v) is 16.9. The topological polar surface area (TPSA) is 69.7 Å². The number of esters is 2. The molecule has 238 valence electrons. The lowest BCUT2D eigenvalue weighted by molar-refractivity contribution is -0.195. The zero-order chi connectivity index (χ0) is 32.8. The van der Waals surface area contributed by atoms with Gasteiger partial charge in [0.25, 0.3) is 0 Å². The fourth-order valence-corrected chi connectivity index (χ4v) is 11.4. The second-order valence-electron chi connectivity index (χ2n) is 14.0. The summed E-state index contributed by atoms with van der Waals surface area (Å²) in [6.45, 7) is 0. The molecule has 6 aliphatic carbocycles. The molecule has 6 aliphatic rings. The molecule has 0 amide bonds. The van der Waals surface area contributed by atoms with Crippen LogP contribution in [0.3, 0.4) is 0 Å². The second kappa shape index (κ2) is 10.5. The number of rotatable bonds is 6. The van der Waals surface area contributed by atoms with Crippen LogP contribution in [0.15, 0.2) is 133 Å². The maximum absolute atomic E-state index is 16.3. The number of benzene rings is 4. The van der Waals surface area contributed by atoms with Crippen molar-refractivity contribution in [3.63, 3.8) is 0 Å². The van der Waals surface area contributed by atoms with Crippen molar-refractivity contribution >= 4 is 28.9 Å². The lowest BCUT2D eigenvalue weighted by atomic mass is 9.33. The van der Waals surface area contributed by atoms with E-state index in [0.29, 0.717) is 0 Å². The summed E-state index contributed by atoms with van der Waals surface area (Å²) in [4.78, 5) is 43.5. The summed E-state index contributed by atoms with van der Waals surface area (Å²) in [5.74, 6) is -2.72. The number of ether oxygens (including phenoxy) is 2. The van der Waals surface area contributed by atoms with Crippen molar-refractivity contribution in [1.82, 2.24) is 0 Å². The molecule has 10 unspecified atom stereocenters. The van der Waals surface area contributed by atoms with Crippen LogP contribution in [0.2, 0.25) is 0 Å². The summed E-state index contributed by atoms with van der Waals surface area (Å²) in [6.07, 6.45) is 4.27. The lowest BCUT2D eigenvalue weighted by Gasteiger charge is -2.69. The van der Waals surface area contributed by atoms with Gasteiger partial charge in [-0.05, 0) is 68.9 Å². The van der Waals surface area contributed by atoms with E-state index in [4.69, 9.17) is 9.47 Å². The maximum Gasteiger partial charge on any atom is 0.310 e. The van der Waals surface area contributed by atoms with E-state index in [9.17, 15) is 9.59 Å². The van der Waals surface area contributed by atoms with E-state index in [0.717, 1.165) is 33.4 Å². The van der Waals surface area contributed by atoms with Gasteiger partial charge in [-0.15, -0.1) is 0 Å². The number of Topliss-reactive ketones (excluding diaryl/α,β-unsaturated/α-hetero) is 1. The van der Waals surface area contributed by atoms with E-state index in [1.54, 1.807) is 0 Å². The first-order chi connectivity index (χ1) is 23.5. The van der Waals surface area contributed by atoms with Crippen LogP contribution in [-0.2, 0) is 34.7 Å². The molecule has 5 heteroatoms. The lowest BCUT2D eigenvalue weighted by Crippen LogP contribution is -2.69. The van der Waals surface area contributed by atoms with Crippen molar-refractivity contribution in [2.24, 2.45) is 47.3 Å². The van der Waals surface area contributed by atoms with Gasteiger partial charge in [-0.2, -0.15) is 0 Å². The van der Waals surface area contributed by atoms with Crippen LogP contribution in [0, 0.1) is 47.3 Å². The van der Waals surface area contributed by atoms with Gasteiger partial charge < -0.3 is 9.47 Å². The fourth-order valence-electron chi connectivity index (χ4n) is 11.4. The molecule has 3 fully saturated rings. The molecule has 0 radical (unpaired) electrons. The summed E-state index contributed by atoms with van der Waals surface area (Å²) in [5.41, 5.74) is 4.16. The number of carbonyl (C=O) groups is 3. The molecule has 0 heterocycles. The van der Waals surface area contributed by atoms with Crippen molar-refractivity contribution in [2.45, 2.75) is 10.8 Å². The third kappa shape index (κ3) is 3.34. The van der Waals surface area contributed by atoms with Crippen LogP contribution in [-0.4, -0.2) is 31.9 Å². The minimum Gasteiger partial charge on any atom is -0.469 e. The third-order valence-electron chi connectivity index (χ3n) is 12.6. The zero-order valence-electron chi connectivity index (χ0n) is 26.9. The molecule has 0 saturated heterocycles. The molecule has 4 aromatic carbocycles. The highest BCUT2D eigenvalue weighted by molar-refractivity contribution is 6.30. The Bertz CT molecular complexity index is 1860. The highest BCUT2D eigenvalue weighted by Gasteiger charge is 2.86. The van der Waals surface area contributed by atoms with Gasteiger partial charge in [0.2, 0.25) is 0 Å². The van der Waals surface area contributed by atoms with Crippen LogP contribution in [0.25, 0.3) is 11.1 Å². The number of fused-ring (bicyclic) bond motifs is 6. The second-order valence-corrected chi connectivity index (χ2v) is 14.0. The molecule has 5 nitrogen and oxygen atoms in total. The average molecular weight is 633 g/mol. The van der Waals surface area contributed by atoms with Crippen molar-refractivity contribution in [3.8, 4) is 0 Å². The summed E-state index contributed by atoms with van der Waals surface area (Å²) in [6, 6.07) is 41.4. The van der Waals surface area contributed by atoms with E-state index in [2.05, 4.69) is 84.9 Å². The van der Waals surface area contributed by atoms with E-state index >= 15 is 4.79 Å². The fraction of sp³-hybridized carbons (Fsp3) is 0.279. The van der Waals surface area contributed by atoms with Gasteiger partial charge in [-0.1, -0.05) is 133 Å². The highest BCUT2D eigenvalue weighted by Crippen LogP contribution is 2.83. The molecular weight excluding hydrogens is 596 g/mol. The van der Waals surface area contributed by atoms with Crippen LogP contribution in [0.5, 0.6) is 0 Å². The Labute approximate surface area is 280 Å². The Morgan fingerprint density at radius 2 is 0.854 bits per heavy atom. The van der Waals surface area contributed by atoms with Crippen molar-refractivity contribution < 1.29 is 23.9 Å². The van der Waals surface area contributed by atoms with Gasteiger partial charge in [-0.25, -0.2) is 0 Å². The van der Waals surface area contributed by atoms with Gasteiger partial charge in [0.1, 0.15) is 0 Å². The summed E-state index contributed by atoms with van der Waals surface area (Å²) in [5, 5.41) is 0. The number of allylic oxidation sites excluding steroid dienone is 4. The van der Waals surface area contributed by atoms with Gasteiger partial charge in [0, 0.05) is 0 Å². The standard InChI is InChI=1S/C43H36O5/c1-47-39(44)33-29-23-24-30(34(33)40(45)48-2)32-31(29)37-38(32)43(28-21-13-6-14-22-28)36(26-17-9-4-10-18-26)35(25-15-7-3-8-16-25)42(37,41(43)46)27-19-11-5-12-20-27/h3-24,29-34,37-38H,1-2H3. The molecule has 3 saturated carbocycles. The van der Waals surface area contributed by atoms with Crippen LogP contribution >= 0.6 is 0 Å². The largest absolute Gasteiger partial charge is 0.469 e. The van der Waals surface area contributed by atoms with E-state index in [1.165, 1.54) is 14.2 Å². The normalized spacial score (nSPS) is 35.1. The summed E-state index contributed by atoms with van der Waals surface area (Å²) < 4.78 is 10.8. The monoisotopic (exact) mass is 632 g/mol. The van der Waals surface area contributed by atoms with Crippen LogP contribution < -0.4 is 0 Å². The number of methoxy groups -OCH3 is 2. The Kier molecular flexibility index (Phi) is 6.36. The predicted molar refractivity (Wildman–Crippen MR) is 182 cm³/mol. The molecule has 10 rings (SSSR count). The molecule has 48 heavy (non-hydrogen) atoms. The highest BCUT2D eigenvalue weighted by atomic mass is 16.5. The van der Waals surface area contributed by atoms with Gasteiger partial charge in [0.15, 0.2) is 5.78 Å². The van der Waals surface area contributed by atoms with E-state index < -0.39 is 34.6 Å². The minimum atomic E-state index is -0.984. The molecule has 0 aromatic heterocycles. The number of carbonyl (C=O) groups excluding carboxylic acids is 3. The zero-order valence-corrected chi connectivity index (χ0v) is 26.9. The first kappa shape index (κ1) is 29.1. The number of hydrogen-bond donors (Lipinski definition) is 0. The molecule has 4 bridgehead atoms. The number of hydrogen-bond acceptors (Lipinski definition) is 5. The predicted octanol–water partition coefficient (Wildman–Crippen LogP) is 6.94. The van der Waals surface area contributed by atoms with Crippen molar-refractivity contribution in [3.05, 3.63) is 156 Å². The average Bonchev–Trinajstić information content (AvgIpc) is 3.49. The van der Waals surface area contributed by atoms with Crippen LogP contribution in [0.4, 0.5) is 0 Å². The first-order valence-electron chi connectivity index (χ1n) is 16.9.